The molecule has 1 amide bonds. The summed E-state index contributed by atoms with van der Waals surface area (Å²) in [4.78, 5) is 14.4. The van der Waals surface area contributed by atoms with E-state index in [9.17, 15) is 4.79 Å². The molecule has 1 aromatic heterocycles. The lowest BCUT2D eigenvalue weighted by molar-refractivity contribution is 0.0593. The number of nitrogens with one attached hydrogen (secondary N) is 1. The molecule has 6 heteroatoms. The van der Waals surface area contributed by atoms with Gasteiger partial charge in [0, 0.05) is 12.6 Å². The maximum absolute atomic E-state index is 12.5. The van der Waals surface area contributed by atoms with E-state index in [1.165, 1.54) is 6.42 Å². The molecule has 0 spiro atoms. The summed E-state index contributed by atoms with van der Waals surface area (Å²) in [6, 6.07) is 3.68. The van der Waals surface area contributed by atoms with Crippen LogP contribution in [0.1, 0.15) is 49.5 Å². The highest BCUT2D eigenvalue weighted by Gasteiger charge is 2.27. The number of hydrogen-bond acceptors (Lipinski definition) is 5. The van der Waals surface area contributed by atoms with Gasteiger partial charge in [0.25, 0.3) is 5.91 Å². The number of rotatable bonds is 4. The van der Waals surface area contributed by atoms with Crippen molar-refractivity contribution in [3.8, 4) is 0 Å². The highest BCUT2D eigenvalue weighted by molar-refractivity contribution is 5.92. The van der Waals surface area contributed by atoms with Crippen LogP contribution in [0.2, 0.25) is 0 Å². The molecule has 2 rings (SSSR count). The number of hydrazine groups is 1. The highest BCUT2D eigenvalue weighted by Crippen LogP contribution is 2.22. The number of piperidine rings is 1. The van der Waals surface area contributed by atoms with Gasteiger partial charge in [0.2, 0.25) is 0 Å². The second-order valence-corrected chi connectivity index (χ2v) is 4.88. The molecule has 0 aliphatic carbocycles. The first kappa shape index (κ1) is 13.7. The fourth-order valence-corrected chi connectivity index (χ4v) is 2.57. The molecule has 0 radical (unpaired) electrons. The first-order valence-electron chi connectivity index (χ1n) is 6.87. The van der Waals surface area contributed by atoms with Crippen LogP contribution in [0.15, 0.2) is 12.1 Å². The van der Waals surface area contributed by atoms with Crippen LogP contribution in [-0.2, 0) is 0 Å². The van der Waals surface area contributed by atoms with E-state index >= 15 is 0 Å². The van der Waals surface area contributed by atoms with E-state index in [4.69, 9.17) is 5.84 Å². The van der Waals surface area contributed by atoms with Crippen molar-refractivity contribution in [2.45, 2.75) is 45.1 Å². The molecule has 1 fully saturated rings. The molecule has 2 heterocycles. The number of amides is 1. The minimum absolute atomic E-state index is 0.0192. The van der Waals surface area contributed by atoms with Gasteiger partial charge in [-0.15, -0.1) is 10.2 Å². The molecule has 1 unspecified atom stereocenters. The van der Waals surface area contributed by atoms with Crippen molar-refractivity contribution in [3.63, 3.8) is 0 Å². The van der Waals surface area contributed by atoms with Gasteiger partial charge in [0.05, 0.1) is 0 Å². The van der Waals surface area contributed by atoms with E-state index in [0.29, 0.717) is 17.6 Å². The third kappa shape index (κ3) is 3.20. The predicted molar refractivity (Wildman–Crippen MR) is 73.4 cm³/mol. The van der Waals surface area contributed by atoms with Crippen LogP contribution >= 0.6 is 0 Å². The van der Waals surface area contributed by atoms with Crippen LogP contribution in [0.3, 0.4) is 0 Å². The quantitative estimate of drug-likeness (QED) is 0.636. The average molecular weight is 263 g/mol. The second kappa shape index (κ2) is 6.47. The number of carbonyl (C=O) groups excluding carboxylic acids is 1. The molecule has 0 aromatic carbocycles. The third-order valence-corrected chi connectivity index (χ3v) is 3.54. The summed E-state index contributed by atoms with van der Waals surface area (Å²) >= 11 is 0. The van der Waals surface area contributed by atoms with Gasteiger partial charge in [-0.05, 0) is 37.8 Å². The predicted octanol–water partition coefficient (Wildman–Crippen LogP) is 1.56. The zero-order valence-electron chi connectivity index (χ0n) is 11.3. The number of likely N-dealkylation sites (tertiary alicyclic amines) is 1. The Morgan fingerprint density at radius 2 is 2.32 bits per heavy atom. The van der Waals surface area contributed by atoms with Crippen LogP contribution in [0.5, 0.6) is 0 Å². The van der Waals surface area contributed by atoms with Gasteiger partial charge >= 0.3 is 0 Å². The maximum atomic E-state index is 12.5. The Labute approximate surface area is 113 Å². The maximum Gasteiger partial charge on any atom is 0.274 e. The topological polar surface area (TPSA) is 84.1 Å². The normalized spacial score (nSPS) is 19.3. The number of aromatic nitrogens is 2. The van der Waals surface area contributed by atoms with Crippen LogP contribution in [0.25, 0.3) is 0 Å². The first-order chi connectivity index (χ1) is 9.26. The summed E-state index contributed by atoms with van der Waals surface area (Å²) in [5, 5.41) is 7.79. The van der Waals surface area contributed by atoms with Gasteiger partial charge < -0.3 is 10.3 Å². The summed E-state index contributed by atoms with van der Waals surface area (Å²) in [7, 11) is 0. The molecule has 104 valence electrons. The zero-order valence-corrected chi connectivity index (χ0v) is 11.3. The zero-order chi connectivity index (χ0) is 13.7. The Morgan fingerprint density at radius 1 is 1.47 bits per heavy atom. The Hall–Kier alpha value is -1.69. The van der Waals surface area contributed by atoms with Crippen molar-refractivity contribution in [3.05, 3.63) is 17.8 Å². The van der Waals surface area contributed by atoms with E-state index < -0.39 is 0 Å². The second-order valence-electron chi connectivity index (χ2n) is 4.88. The molecule has 19 heavy (non-hydrogen) atoms. The first-order valence-corrected chi connectivity index (χ1v) is 6.87. The van der Waals surface area contributed by atoms with Crippen LogP contribution in [0.4, 0.5) is 5.82 Å². The van der Waals surface area contributed by atoms with Gasteiger partial charge in [-0.25, -0.2) is 5.84 Å². The molecule has 1 atom stereocenters. The monoisotopic (exact) mass is 263 g/mol. The molecule has 0 saturated carbocycles. The van der Waals surface area contributed by atoms with Crippen molar-refractivity contribution in [2.24, 2.45) is 5.84 Å². The summed E-state index contributed by atoms with van der Waals surface area (Å²) in [6.45, 7) is 2.97. The molecule has 1 saturated heterocycles. The lowest BCUT2D eigenvalue weighted by Gasteiger charge is -2.35. The largest absolute Gasteiger partial charge is 0.334 e. The number of nitrogens with two attached hydrogens (primary N) is 1. The molecule has 1 aromatic rings. The minimum atomic E-state index is -0.0192. The fourth-order valence-electron chi connectivity index (χ4n) is 2.57. The standard InChI is InChI=1S/C13H21N5O/c1-2-5-10-6-3-4-9-18(10)13(19)11-7-8-12(15-14)17-16-11/h7-8,10H,2-6,9,14H2,1H3,(H,15,17). The third-order valence-electron chi connectivity index (χ3n) is 3.54. The summed E-state index contributed by atoms with van der Waals surface area (Å²) in [6.07, 6.45) is 5.52. The Bertz CT molecular complexity index is 418. The smallest absolute Gasteiger partial charge is 0.274 e. The van der Waals surface area contributed by atoms with Crippen molar-refractivity contribution >= 4 is 11.7 Å². The number of nitrogens with zero attached hydrogens (tertiary/aromatic N) is 3. The highest BCUT2D eigenvalue weighted by atomic mass is 16.2. The average Bonchev–Trinajstić information content (AvgIpc) is 2.47. The van der Waals surface area contributed by atoms with Crippen molar-refractivity contribution in [1.29, 1.82) is 0 Å². The minimum Gasteiger partial charge on any atom is -0.334 e. The lowest BCUT2D eigenvalue weighted by atomic mass is 9.98. The van der Waals surface area contributed by atoms with E-state index in [2.05, 4.69) is 22.5 Å². The molecular weight excluding hydrogens is 242 g/mol. The molecule has 1 aliphatic heterocycles. The SMILES string of the molecule is CCCC1CCCCN1C(=O)c1ccc(NN)nn1. The molecular formula is C13H21N5O. The van der Waals surface area contributed by atoms with Crippen molar-refractivity contribution in [2.75, 3.05) is 12.0 Å². The Balaban J connectivity index is 2.11. The number of nitrogen functional groups attached to an aromatic ring is 1. The number of carbonyl (C=O) groups is 1. The van der Waals surface area contributed by atoms with Crippen LogP contribution in [0, 0.1) is 0 Å². The van der Waals surface area contributed by atoms with E-state index in [1.54, 1.807) is 12.1 Å². The molecule has 6 nitrogen and oxygen atoms in total. The molecule has 3 N–H and O–H groups in total. The van der Waals surface area contributed by atoms with E-state index in [0.717, 1.165) is 32.2 Å². The molecule has 1 aliphatic rings. The van der Waals surface area contributed by atoms with Crippen LogP contribution < -0.4 is 11.3 Å². The van der Waals surface area contributed by atoms with Gasteiger partial charge in [0.1, 0.15) is 0 Å². The summed E-state index contributed by atoms with van der Waals surface area (Å²) < 4.78 is 0. The van der Waals surface area contributed by atoms with Crippen LogP contribution in [-0.4, -0.2) is 33.6 Å². The fraction of sp³-hybridized carbons (Fsp3) is 0.615. The van der Waals surface area contributed by atoms with Gasteiger partial charge in [-0.2, -0.15) is 0 Å². The van der Waals surface area contributed by atoms with Gasteiger partial charge in [-0.1, -0.05) is 13.3 Å². The summed E-state index contributed by atoms with van der Waals surface area (Å²) in [5.74, 6) is 5.67. The Kier molecular flexibility index (Phi) is 4.68. The number of anilines is 1. The van der Waals surface area contributed by atoms with E-state index in [-0.39, 0.29) is 5.91 Å². The number of hydrogen-bond donors (Lipinski definition) is 2. The van der Waals surface area contributed by atoms with Gasteiger partial charge in [-0.3, -0.25) is 4.79 Å². The lowest BCUT2D eigenvalue weighted by Crippen LogP contribution is -2.44. The van der Waals surface area contributed by atoms with E-state index in [1.807, 2.05) is 4.90 Å². The van der Waals surface area contributed by atoms with Crippen molar-refractivity contribution in [1.82, 2.24) is 15.1 Å². The van der Waals surface area contributed by atoms with Crippen molar-refractivity contribution < 1.29 is 4.79 Å². The van der Waals surface area contributed by atoms with Gasteiger partial charge in [0.15, 0.2) is 11.5 Å². The Morgan fingerprint density at radius 3 is 2.95 bits per heavy atom. The summed E-state index contributed by atoms with van der Waals surface area (Å²) in [5.41, 5.74) is 2.79. The molecule has 0 bridgehead atoms.